The van der Waals surface area contributed by atoms with Gasteiger partial charge in [-0.25, -0.2) is 0 Å². The molecule has 1 atom stereocenters. The quantitative estimate of drug-likeness (QED) is 0.755. The molecule has 0 amide bonds. The van der Waals surface area contributed by atoms with Gasteiger partial charge in [-0.15, -0.1) is 0 Å². The third-order valence-corrected chi connectivity index (χ3v) is 2.43. The van der Waals surface area contributed by atoms with Gasteiger partial charge in [0.2, 0.25) is 0 Å². The summed E-state index contributed by atoms with van der Waals surface area (Å²) in [7, 11) is 0. The van der Waals surface area contributed by atoms with Crippen LogP contribution in [-0.2, 0) is 0 Å². The van der Waals surface area contributed by atoms with Gasteiger partial charge in [0.15, 0.2) is 5.78 Å². The third kappa shape index (κ3) is 2.90. The molecule has 15 heavy (non-hydrogen) atoms. The van der Waals surface area contributed by atoms with Gasteiger partial charge in [-0.1, -0.05) is 39.0 Å². The van der Waals surface area contributed by atoms with Crippen LogP contribution in [0.3, 0.4) is 0 Å². The molecule has 0 aliphatic carbocycles. The Morgan fingerprint density at radius 3 is 2.40 bits per heavy atom. The molecule has 0 heterocycles. The summed E-state index contributed by atoms with van der Waals surface area (Å²) < 4.78 is 0. The van der Waals surface area contributed by atoms with Crippen molar-refractivity contribution in [2.45, 2.75) is 33.8 Å². The topological polar surface area (TPSA) is 37.3 Å². The van der Waals surface area contributed by atoms with Gasteiger partial charge >= 0.3 is 0 Å². The number of ketones is 1. The number of hydrogen-bond donors (Lipinski definition) is 1. The SMILES string of the molecule is CC(=O)c1cccc(C(O)C(C)(C)C)c1. The minimum atomic E-state index is -0.545. The second kappa shape index (κ2) is 4.15. The average molecular weight is 206 g/mol. The highest BCUT2D eigenvalue weighted by Gasteiger charge is 2.23. The van der Waals surface area contributed by atoms with E-state index in [1.54, 1.807) is 18.2 Å². The van der Waals surface area contributed by atoms with Gasteiger partial charge in [-0.05, 0) is 24.0 Å². The molecule has 2 heteroatoms. The Bertz CT molecular complexity index is 361. The molecule has 0 aliphatic rings. The molecule has 1 rings (SSSR count). The maximum Gasteiger partial charge on any atom is 0.159 e. The lowest BCUT2D eigenvalue weighted by Crippen LogP contribution is -2.18. The van der Waals surface area contributed by atoms with E-state index < -0.39 is 6.10 Å². The summed E-state index contributed by atoms with van der Waals surface area (Å²) in [4.78, 5) is 11.2. The maximum absolute atomic E-state index is 11.2. The van der Waals surface area contributed by atoms with Crippen LogP contribution in [0.2, 0.25) is 0 Å². The van der Waals surface area contributed by atoms with Gasteiger partial charge in [0.05, 0.1) is 6.10 Å². The van der Waals surface area contributed by atoms with E-state index in [0.717, 1.165) is 5.56 Å². The van der Waals surface area contributed by atoms with Gasteiger partial charge in [-0.3, -0.25) is 4.79 Å². The number of aliphatic hydroxyl groups excluding tert-OH is 1. The Hall–Kier alpha value is -1.15. The van der Waals surface area contributed by atoms with Crippen LogP contribution in [0.5, 0.6) is 0 Å². The fourth-order valence-electron chi connectivity index (χ4n) is 1.43. The summed E-state index contributed by atoms with van der Waals surface area (Å²) in [5.41, 5.74) is 1.24. The first-order valence-electron chi connectivity index (χ1n) is 5.11. The van der Waals surface area contributed by atoms with Crippen LogP contribution in [0.15, 0.2) is 24.3 Å². The monoisotopic (exact) mass is 206 g/mol. The molecule has 0 spiro atoms. The Kier molecular flexibility index (Phi) is 3.30. The number of Topliss-reactive ketones (excluding diaryl/α,β-unsaturated/α-hetero) is 1. The van der Waals surface area contributed by atoms with E-state index in [1.807, 2.05) is 26.8 Å². The zero-order chi connectivity index (χ0) is 11.6. The van der Waals surface area contributed by atoms with Gasteiger partial charge in [0.1, 0.15) is 0 Å². The second-order valence-electron chi connectivity index (χ2n) is 4.95. The highest BCUT2D eigenvalue weighted by atomic mass is 16.3. The smallest absolute Gasteiger partial charge is 0.159 e. The van der Waals surface area contributed by atoms with E-state index in [-0.39, 0.29) is 11.2 Å². The van der Waals surface area contributed by atoms with Gasteiger partial charge in [0.25, 0.3) is 0 Å². The first-order chi connectivity index (χ1) is 6.82. The first kappa shape index (κ1) is 11.9. The lowest BCUT2D eigenvalue weighted by Gasteiger charge is -2.26. The molecule has 1 aromatic rings. The number of carbonyl (C=O) groups excluding carboxylic acids is 1. The van der Waals surface area contributed by atoms with Crippen molar-refractivity contribution >= 4 is 5.78 Å². The zero-order valence-electron chi connectivity index (χ0n) is 9.74. The van der Waals surface area contributed by atoms with Crippen molar-refractivity contribution in [3.8, 4) is 0 Å². The molecule has 2 nitrogen and oxygen atoms in total. The summed E-state index contributed by atoms with van der Waals surface area (Å²) in [5, 5.41) is 10.1. The fraction of sp³-hybridized carbons (Fsp3) is 0.462. The Morgan fingerprint density at radius 2 is 1.93 bits per heavy atom. The number of benzene rings is 1. The van der Waals surface area contributed by atoms with Crippen molar-refractivity contribution in [1.82, 2.24) is 0 Å². The van der Waals surface area contributed by atoms with Gasteiger partial charge < -0.3 is 5.11 Å². The third-order valence-electron chi connectivity index (χ3n) is 2.43. The number of carbonyl (C=O) groups is 1. The molecule has 1 N–H and O–H groups in total. The normalized spacial score (nSPS) is 13.7. The summed E-state index contributed by atoms with van der Waals surface area (Å²) in [6.45, 7) is 7.44. The predicted octanol–water partition coefficient (Wildman–Crippen LogP) is 2.97. The van der Waals surface area contributed by atoms with Crippen molar-refractivity contribution in [1.29, 1.82) is 0 Å². The number of hydrogen-bond acceptors (Lipinski definition) is 2. The Labute approximate surface area is 90.9 Å². The maximum atomic E-state index is 11.2. The van der Waals surface area contributed by atoms with Crippen LogP contribution in [-0.4, -0.2) is 10.9 Å². The molecule has 1 unspecified atom stereocenters. The lowest BCUT2D eigenvalue weighted by atomic mass is 9.84. The summed E-state index contributed by atoms with van der Waals surface area (Å²) in [5.74, 6) is 0.0259. The Morgan fingerprint density at radius 1 is 1.33 bits per heavy atom. The largest absolute Gasteiger partial charge is 0.388 e. The van der Waals surface area contributed by atoms with E-state index >= 15 is 0 Å². The van der Waals surface area contributed by atoms with Crippen molar-refractivity contribution in [2.24, 2.45) is 5.41 Å². The molecular formula is C13H18O2. The molecule has 0 aliphatic heterocycles. The summed E-state index contributed by atoms with van der Waals surface area (Å²) in [6, 6.07) is 7.18. The van der Waals surface area contributed by atoms with Crippen LogP contribution < -0.4 is 0 Å². The Balaban J connectivity index is 3.06. The lowest BCUT2D eigenvalue weighted by molar-refractivity contribution is 0.0626. The van der Waals surface area contributed by atoms with E-state index in [2.05, 4.69) is 0 Å². The van der Waals surface area contributed by atoms with Crippen molar-refractivity contribution in [3.63, 3.8) is 0 Å². The van der Waals surface area contributed by atoms with Crippen LogP contribution in [0.1, 0.15) is 49.7 Å². The molecule has 0 aromatic heterocycles. The molecule has 0 bridgehead atoms. The van der Waals surface area contributed by atoms with E-state index in [0.29, 0.717) is 5.56 Å². The van der Waals surface area contributed by atoms with Crippen molar-refractivity contribution in [2.75, 3.05) is 0 Å². The molecular weight excluding hydrogens is 188 g/mol. The molecule has 1 aromatic carbocycles. The molecule has 82 valence electrons. The van der Waals surface area contributed by atoms with Crippen molar-refractivity contribution in [3.05, 3.63) is 35.4 Å². The van der Waals surface area contributed by atoms with E-state index in [9.17, 15) is 9.90 Å². The minimum absolute atomic E-state index is 0.0259. The van der Waals surface area contributed by atoms with Gasteiger partial charge in [-0.2, -0.15) is 0 Å². The second-order valence-corrected chi connectivity index (χ2v) is 4.95. The van der Waals surface area contributed by atoms with Crippen molar-refractivity contribution < 1.29 is 9.90 Å². The zero-order valence-corrected chi connectivity index (χ0v) is 9.74. The van der Waals surface area contributed by atoms with E-state index in [4.69, 9.17) is 0 Å². The highest BCUT2D eigenvalue weighted by Crippen LogP contribution is 2.32. The predicted molar refractivity (Wildman–Crippen MR) is 60.9 cm³/mol. The van der Waals surface area contributed by atoms with Crippen LogP contribution in [0, 0.1) is 5.41 Å². The highest BCUT2D eigenvalue weighted by molar-refractivity contribution is 5.94. The summed E-state index contributed by atoms with van der Waals surface area (Å²) >= 11 is 0. The standard InChI is InChI=1S/C13H18O2/c1-9(14)10-6-5-7-11(8-10)12(15)13(2,3)4/h5-8,12,15H,1-4H3. The molecule has 0 saturated heterocycles. The van der Waals surface area contributed by atoms with Crippen LogP contribution >= 0.6 is 0 Å². The first-order valence-corrected chi connectivity index (χ1v) is 5.11. The number of aliphatic hydroxyl groups is 1. The average Bonchev–Trinajstić information content (AvgIpc) is 2.15. The molecule has 0 radical (unpaired) electrons. The minimum Gasteiger partial charge on any atom is -0.388 e. The van der Waals surface area contributed by atoms with Gasteiger partial charge in [0, 0.05) is 5.56 Å². The van der Waals surface area contributed by atoms with Crippen LogP contribution in [0.25, 0.3) is 0 Å². The number of rotatable bonds is 2. The fourth-order valence-corrected chi connectivity index (χ4v) is 1.43. The van der Waals surface area contributed by atoms with E-state index in [1.165, 1.54) is 6.92 Å². The summed E-state index contributed by atoms with van der Waals surface area (Å²) in [6.07, 6.45) is -0.545. The van der Waals surface area contributed by atoms with Crippen LogP contribution in [0.4, 0.5) is 0 Å². The molecule has 0 saturated carbocycles. The molecule has 0 fully saturated rings.